The molecule has 0 N–H and O–H groups in total. The van der Waals surface area contributed by atoms with E-state index in [9.17, 15) is 0 Å². The maximum atomic E-state index is 8.95. The lowest BCUT2D eigenvalue weighted by Gasteiger charge is -2.27. The van der Waals surface area contributed by atoms with E-state index < -0.39 is 0 Å². The van der Waals surface area contributed by atoms with Crippen molar-refractivity contribution < 1.29 is 0 Å². The molecule has 2 rings (SSSR count). The number of likely N-dealkylation sites (N-methyl/N-ethyl adjacent to an activating group) is 1. The lowest BCUT2D eigenvalue weighted by atomic mass is 9.95. The molecule has 1 heterocycles. The van der Waals surface area contributed by atoms with E-state index in [1.807, 2.05) is 26.0 Å². The number of hydrogen-bond acceptors (Lipinski definition) is 2. The number of rotatable bonds is 1. The highest BCUT2D eigenvalue weighted by atomic mass is 15.1. The fraction of sp³-hybridized carbons (Fsp3) is 0.500. The van der Waals surface area contributed by atoms with Gasteiger partial charge in [0.25, 0.3) is 0 Å². The van der Waals surface area contributed by atoms with Crippen LogP contribution < -0.4 is 0 Å². The van der Waals surface area contributed by atoms with E-state index in [-0.39, 0.29) is 0 Å². The van der Waals surface area contributed by atoms with E-state index in [1.54, 1.807) is 0 Å². The monoisotopic (exact) mass is 216 g/mol. The summed E-state index contributed by atoms with van der Waals surface area (Å²) in [5.41, 5.74) is 3.45. The summed E-state index contributed by atoms with van der Waals surface area (Å²) in [7, 11) is 0. The maximum absolute atomic E-state index is 8.95. The predicted molar refractivity (Wildman–Crippen MR) is 67.2 cm³/mol. The summed E-state index contributed by atoms with van der Waals surface area (Å²) < 4.78 is 0. The third-order valence-electron chi connectivity index (χ3n) is 2.91. The second-order valence-electron chi connectivity index (χ2n) is 3.67. The fourth-order valence-corrected chi connectivity index (χ4v) is 2.04. The van der Waals surface area contributed by atoms with Gasteiger partial charge in [-0.3, -0.25) is 4.90 Å². The molecule has 0 spiro atoms. The molecule has 1 aliphatic rings. The Labute approximate surface area is 98.5 Å². The summed E-state index contributed by atoms with van der Waals surface area (Å²) in [6.45, 7) is 9.36. The SMILES string of the molecule is CC.CCN1CCc2c(C#N)cccc2C1. The first-order chi connectivity index (χ1) is 7.85. The van der Waals surface area contributed by atoms with Crippen molar-refractivity contribution in [3.05, 3.63) is 34.9 Å². The van der Waals surface area contributed by atoms with Gasteiger partial charge in [0.05, 0.1) is 11.6 Å². The summed E-state index contributed by atoms with van der Waals surface area (Å²) in [5.74, 6) is 0. The molecule has 0 fully saturated rings. The highest BCUT2D eigenvalue weighted by Crippen LogP contribution is 2.21. The van der Waals surface area contributed by atoms with Crippen LogP contribution in [0.15, 0.2) is 18.2 Å². The Morgan fingerprint density at radius 3 is 2.75 bits per heavy atom. The molecule has 0 saturated carbocycles. The highest BCUT2D eigenvalue weighted by Gasteiger charge is 2.16. The van der Waals surface area contributed by atoms with Gasteiger partial charge in [-0.15, -0.1) is 0 Å². The van der Waals surface area contributed by atoms with Crippen molar-refractivity contribution in [3.8, 4) is 6.07 Å². The van der Waals surface area contributed by atoms with Gasteiger partial charge in [-0.05, 0) is 30.2 Å². The quantitative estimate of drug-likeness (QED) is 0.721. The molecule has 0 radical (unpaired) electrons. The van der Waals surface area contributed by atoms with Gasteiger partial charge in [0.2, 0.25) is 0 Å². The van der Waals surface area contributed by atoms with Crippen LogP contribution in [0.4, 0.5) is 0 Å². The first-order valence-electron chi connectivity index (χ1n) is 6.08. The lowest BCUT2D eigenvalue weighted by molar-refractivity contribution is 0.268. The third-order valence-corrected chi connectivity index (χ3v) is 2.91. The van der Waals surface area contributed by atoms with E-state index in [4.69, 9.17) is 5.26 Å². The number of hydrogen-bond donors (Lipinski definition) is 0. The molecule has 0 atom stereocenters. The summed E-state index contributed by atoms with van der Waals surface area (Å²) in [6.07, 6.45) is 1.02. The number of benzene rings is 1. The van der Waals surface area contributed by atoms with Crippen molar-refractivity contribution >= 4 is 0 Å². The third kappa shape index (κ3) is 2.62. The Balaban J connectivity index is 0.000000606. The summed E-state index contributed by atoms with van der Waals surface area (Å²) in [4.78, 5) is 2.41. The van der Waals surface area contributed by atoms with Gasteiger partial charge in [0.1, 0.15) is 0 Å². The number of nitrogens with zero attached hydrogens (tertiary/aromatic N) is 2. The second kappa shape index (κ2) is 6.30. The zero-order valence-electron chi connectivity index (χ0n) is 10.5. The van der Waals surface area contributed by atoms with Crippen LogP contribution in [0.3, 0.4) is 0 Å². The van der Waals surface area contributed by atoms with Crippen LogP contribution in [0.5, 0.6) is 0 Å². The van der Waals surface area contributed by atoms with E-state index in [1.165, 1.54) is 11.1 Å². The van der Waals surface area contributed by atoms with Crippen LogP contribution in [0.2, 0.25) is 0 Å². The van der Waals surface area contributed by atoms with Crippen LogP contribution in [-0.4, -0.2) is 18.0 Å². The van der Waals surface area contributed by atoms with E-state index >= 15 is 0 Å². The number of fused-ring (bicyclic) bond motifs is 1. The van der Waals surface area contributed by atoms with Gasteiger partial charge in [-0.25, -0.2) is 0 Å². The largest absolute Gasteiger partial charge is 0.299 e. The molecule has 1 aliphatic heterocycles. The minimum Gasteiger partial charge on any atom is -0.299 e. The van der Waals surface area contributed by atoms with E-state index in [0.717, 1.165) is 31.6 Å². The van der Waals surface area contributed by atoms with E-state index in [2.05, 4.69) is 24.0 Å². The first kappa shape index (κ1) is 12.7. The molecule has 2 heteroatoms. The molecule has 0 amide bonds. The molecule has 0 saturated heterocycles. The van der Waals surface area contributed by atoms with E-state index in [0.29, 0.717) is 0 Å². The summed E-state index contributed by atoms with van der Waals surface area (Å²) >= 11 is 0. The van der Waals surface area contributed by atoms with Crippen molar-refractivity contribution in [2.75, 3.05) is 13.1 Å². The van der Waals surface area contributed by atoms with Gasteiger partial charge >= 0.3 is 0 Å². The first-order valence-corrected chi connectivity index (χ1v) is 6.08. The van der Waals surface area contributed by atoms with Gasteiger partial charge in [-0.2, -0.15) is 5.26 Å². The maximum Gasteiger partial charge on any atom is 0.0994 e. The Morgan fingerprint density at radius 2 is 2.12 bits per heavy atom. The fourth-order valence-electron chi connectivity index (χ4n) is 2.04. The minimum absolute atomic E-state index is 0.859. The molecule has 1 aromatic carbocycles. The zero-order chi connectivity index (χ0) is 12.0. The molecule has 0 aromatic heterocycles. The minimum atomic E-state index is 0.859. The molecule has 1 aromatic rings. The smallest absolute Gasteiger partial charge is 0.0994 e. The molecule has 16 heavy (non-hydrogen) atoms. The molecule has 2 nitrogen and oxygen atoms in total. The van der Waals surface area contributed by atoms with Gasteiger partial charge in [0.15, 0.2) is 0 Å². The van der Waals surface area contributed by atoms with Crippen molar-refractivity contribution in [1.29, 1.82) is 5.26 Å². The molecule has 0 unspecified atom stereocenters. The molecule has 0 aliphatic carbocycles. The molecular formula is C14H20N2. The topological polar surface area (TPSA) is 27.0 Å². The van der Waals surface area contributed by atoms with Crippen molar-refractivity contribution in [3.63, 3.8) is 0 Å². The highest BCUT2D eigenvalue weighted by molar-refractivity contribution is 5.43. The van der Waals surface area contributed by atoms with Crippen molar-refractivity contribution in [2.24, 2.45) is 0 Å². The lowest BCUT2D eigenvalue weighted by Crippen LogP contribution is -2.30. The predicted octanol–water partition coefficient (Wildman–Crippen LogP) is 2.96. The Morgan fingerprint density at radius 1 is 1.38 bits per heavy atom. The standard InChI is InChI=1S/C12H14N2.C2H6/c1-2-14-7-6-12-10(8-13)4-3-5-11(12)9-14;1-2/h3-5H,2,6-7,9H2,1H3;1-2H3. The van der Waals surface area contributed by atoms with Crippen molar-refractivity contribution in [2.45, 2.75) is 33.7 Å². The van der Waals surface area contributed by atoms with Crippen LogP contribution in [0.1, 0.15) is 37.5 Å². The summed E-state index contributed by atoms with van der Waals surface area (Å²) in [6, 6.07) is 8.31. The summed E-state index contributed by atoms with van der Waals surface area (Å²) in [5, 5.41) is 8.95. The van der Waals surface area contributed by atoms with Crippen molar-refractivity contribution in [1.82, 2.24) is 4.90 Å². The second-order valence-corrected chi connectivity index (χ2v) is 3.67. The normalized spacial score (nSPS) is 14.4. The average Bonchev–Trinajstić information content (AvgIpc) is 2.39. The molecule has 0 bridgehead atoms. The van der Waals surface area contributed by atoms with Gasteiger partial charge < -0.3 is 0 Å². The molecule has 86 valence electrons. The Bertz CT molecular complexity index is 377. The van der Waals surface area contributed by atoms with Crippen LogP contribution in [-0.2, 0) is 13.0 Å². The van der Waals surface area contributed by atoms with Crippen LogP contribution >= 0.6 is 0 Å². The number of nitriles is 1. The van der Waals surface area contributed by atoms with Gasteiger partial charge in [0, 0.05) is 13.1 Å². The Kier molecular flexibility index (Phi) is 5.01. The molecular weight excluding hydrogens is 196 g/mol. The van der Waals surface area contributed by atoms with Crippen LogP contribution in [0, 0.1) is 11.3 Å². The van der Waals surface area contributed by atoms with Crippen LogP contribution in [0.25, 0.3) is 0 Å². The van der Waals surface area contributed by atoms with Gasteiger partial charge in [-0.1, -0.05) is 32.9 Å². The average molecular weight is 216 g/mol. The Hall–Kier alpha value is -1.33. The zero-order valence-corrected chi connectivity index (χ0v) is 10.5.